The van der Waals surface area contributed by atoms with Crippen LogP contribution in [0.4, 0.5) is 0 Å². The maximum atomic E-state index is 13.9. The van der Waals surface area contributed by atoms with Gasteiger partial charge in [-0.3, -0.25) is 9.59 Å². The Morgan fingerprint density at radius 2 is 1.62 bits per heavy atom. The average molecular weight is 542 g/mol. The summed E-state index contributed by atoms with van der Waals surface area (Å²) in [7, 11) is -4.29. The normalized spacial score (nSPS) is 17.4. The Kier molecular flexibility index (Phi) is 8.85. The molecule has 0 radical (unpaired) electrons. The minimum atomic E-state index is -4.29. The fourth-order valence-electron chi connectivity index (χ4n) is 4.65. The summed E-state index contributed by atoms with van der Waals surface area (Å²) in [6, 6.07) is 19.1. The molecule has 0 aliphatic carbocycles. The molecule has 2 aromatic carbocycles. The number of Topliss-reactive ketones (excluding diaryl/α,β-unsaturated/α-hetero) is 1. The first-order valence-corrected chi connectivity index (χ1v) is 14.4. The first kappa shape index (κ1) is 27.1. The van der Waals surface area contributed by atoms with E-state index in [2.05, 4.69) is 15.4 Å². The van der Waals surface area contributed by atoms with Crippen LogP contribution in [0.3, 0.4) is 0 Å². The molecule has 37 heavy (non-hydrogen) atoms. The molecule has 3 atom stereocenters. The first-order valence-electron chi connectivity index (χ1n) is 12.0. The lowest BCUT2D eigenvalue weighted by molar-refractivity contribution is -0.129. The Bertz CT molecular complexity index is 1270. The molecule has 1 aliphatic heterocycles. The average Bonchev–Trinajstić information content (AvgIpc) is 3.60. The van der Waals surface area contributed by atoms with Gasteiger partial charge >= 0.3 is 0 Å². The Labute approximate surface area is 220 Å². The molecule has 1 aliphatic rings. The zero-order chi connectivity index (χ0) is 26.4. The molecule has 1 unspecified atom stereocenters. The summed E-state index contributed by atoms with van der Waals surface area (Å²) >= 11 is 1.34. The number of carbonyl (C=O) groups is 2. The molecule has 0 bridgehead atoms. The van der Waals surface area contributed by atoms with Crippen molar-refractivity contribution in [3.8, 4) is 0 Å². The quantitative estimate of drug-likeness (QED) is 0.249. The topological polar surface area (TPSA) is 156 Å². The second kappa shape index (κ2) is 12.1. The summed E-state index contributed by atoms with van der Waals surface area (Å²) < 4.78 is 26.8. The minimum absolute atomic E-state index is 0.179. The smallest absolute Gasteiger partial charge is 0.275 e. The molecule has 196 valence electrons. The third-order valence-electron chi connectivity index (χ3n) is 6.37. The van der Waals surface area contributed by atoms with Crippen molar-refractivity contribution in [3.05, 3.63) is 93.7 Å². The molecule has 1 saturated heterocycles. The Morgan fingerprint density at radius 1 is 1.00 bits per heavy atom. The number of benzene rings is 2. The number of hydrogen-bond donors (Lipinski definition) is 5. The lowest BCUT2D eigenvalue weighted by Crippen LogP contribution is -2.54. The van der Waals surface area contributed by atoms with Crippen LogP contribution in [-0.4, -0.2) is 38.7 Å². The van der Waals surface area contributed by atoms with Gasteiger partial charge in [0.2, 0.25) is 5.91 Å². The SMILES string of the molecule is NCc1ccc(C(NC(=O)[C@H](NS(N)(=O)=O)C(c2ccccc2)c2ccccc2)C(=O)[C@@H]2CCCN2)s1. The summed E-state index contributed by atoms with van der Waals surface area (Å²) in [5.74, 6) is -1.55. The number of rotatable bonds is 11. The molecule has 7 N–H and O–H groups in total. The van der Waals surface area contributed by atoms with Gasteiger partial charge in [0.25, 0.3) is 10.2 Å². The number of nitrogens with two attached hydrogens (primary N) is 2. The fourth-order valence-corrected chi connectivity index (χ4v) is 6.20. The number of nitrogens with one attached hydrogen (secondary N) is 3. The highest BCUT2D eigenvalue weighted by Gasteiger charge is 2.38. The van der Waals surface area contributed by atoms with Gasteiger partial charge < -0.3 is 16.4 Å². The minimum Gasteiger partial charge on any atom is -0.340 e. The van der Waals surface area contributed by atoms with Crippen molar-refractivity contribution in [2.24, 2.45) is 10.9 Å². The van der Waals surface area contributed by atoms with E-state index < -0.39 is 40.2 Å². The zero-order valence-corrected chi connectivity index (χ0v) is 21.8. The number of carbonyl (C=O) groups excluding carboxylic acids is 2. The van der Waals surface area contributed by atoms with E-state index in [0.29, 0.717) is 29.0 Å². The van der Waals surface area contributed by atoms with Gasteiger partial charge in [-0.05, 0) is 42.6 Å². The molecule has 11 heteroatoms. The van der Waals surface area contributed by atoms with Gasteiger partial charge in [0.15, 0.2) is 5.78 Å². The van der Waals surface area contributed by atoms with Gasteiger partial charge in [-0.2, -0.15) is 13.1 Å². The molecular formula is C26H31N5O4S2. The van der Waals surface area contributed by atoms with Crippen molar-refractivity contribution in [2.75, 3.05) is 6.54 Å². The van der Waals surface area contributed by atoms with Gasteiger partial charge in [-0.25, -0.2) is 5.14 Å². The van der Waals surface area contributed by atoms with Crippen molar-refractivity contribution < 1.29 is 18.0 Å². The monoisotopic (exact) mass is 541 g/mol. The standard InChI is InChI=1S/C26H31N5O4S2/c27-16-19-13-14-21(36-19)23(25(32)20-12-7-15-29-20)30-26(33)24(31-37(28,34)35)22(17-8-3-1-4-9-17)18-10-5-2-6-11-18/h1-6,8-11,13-14,20,22-24,29,31H,7,12,15-16,27H2,(H,30,33)(H2,28,34,35)/t20-,23?,24+/m0/s1. The van der Waals surface area contributed by atoms with Crippen LogP contribution in [0.15, 0.2) is 72.8 Å². The lowest BCUT2D eigenvalue weighted by Gasteiger charge is -2.29. The van der Waals surface area contributed by atoms with Gasteiger partial charge in [0.1, 0.15) is 12.1 Å². The van der Waals surface area contributed by atoms with Crippen molar-refractivity contribution in [1.29, 1.82) is 0 Å². The third-order valence-corrected chi connectivity index (χ3v) is 8.12. The van der Waals surface area contributed by atoms with E-state index >= 15 is 0 Å². The largest absolute Gasteiger partial charge is 0.340 e. The highest BCUT2D eigenvalue weighted by Crippen LogP contribution is 2.31. The van der Waals surface area contributed by atoms with Gasteiger partial charge in [0.05, 0.1) is 6.04 Å². The van der Waals surface area contributed by atoms with Crippen LogP contribution in [0.5, 0.6) is 0 Å². The molecule has 4 rings (SSSR count). The molecule has 1 aromatic heterocycles. The Balaban J connectivity index is 1.74. The number of thiophene rings is 1. The summed E-state index contributed by atoms with van der Waals surface area (Å²) in [6.45, 7) is 1.02. The highest BCUT2D eigenvalue weighted by atomic mass is 32.2. The molecule has 9 nitrogen and oxygen atoms in total. The summed E-state index contributed by atoms with van der Waals surface area (Å²) in [5.41, 5.74) is 7.21. The molecule has 1 amide bonds. The maximum Gasteiger partial charge on any atom is 0.275 e. The van der Waals surface area contributed by atoms with Crippen molar-refractivity contribution in [1.82, 2.24) is 15.4 Å². The predicted molar refractivity (Wildman–Crippen MR) is 144 cm³/mol. The van der Waals surface area contributed by atoms with Crippen LogP contribution in [0.2, 0.25) is 0 Å². The Morgan fingerprint density at radius 3 is 2.11 bits per heavy atom. The van der Waals surface area contributed by atoms with Crippen LogP contribution in [0.1, 0.15) is 45.7 Å². The van der Waals surface area contributed by atoms with Crippen LogP contribution >= 0.6 is 11.3 Å². The second-order valence-electron chi connectivity index (χ2n) is 8.94. The van der Waals surface area contributed by atoms with Crippen LogP contribution in [0.25, 0.3) is 0 Å². The maximum absolute atomic E-state index is 13.9. The van der Waals surface area contributed by atoms with E-state index in [1.165, 1.54) is 11.3 Å². The zero-order valence-electron chi connectivity index (χ0n) is 20.2. The number of amides is 1. The number of ketones is 1. The van der Waals surface area contributed by atoms with Crippen molar-refractivity contribution >= 4 is 33.2 Å². The first-order chi connectivity index (χ1) is 17.8. The fraction of sp³-hybridized carbons (Fsp3) is 0.308. The van der Waals surface area contributed by atoms with Crippen LogP contribution < -0.4 is 26.2 Å². The van der Waals surface area contributed by atoms with E-state index in [1.807, 2.05) is 66.7 Å². The summed E-state index contributed by atoms with van der Waals surface area (Å²) in [5, 5.41) is 11.4. The van der Waals surface area contributed by atoms with E-state index in [1.54, 1.807) is 6.07 Å². The van der Waals surface area contributed by atoms with E-state index in [9.17, 15) is 18.0 Å². The highest BCUT2D eigenvalue weighted by molar-refractivity contribution is 7.87. The lowest BCUT2D eigenvalue weighted by atomic mass is 9.85. The van der Waals surface area contributed by atoms with Crippen LogP contribution in [0, 0.1) is 0 Å². The van der Waals surface area contributed by atoms with E-state index in [-0.39, 0.29) is 5.78 Å². The molecule has 1 fully saturated rings. The summed E-state index contributed by atoms with van der Waals surface area (Å²) in [4.78, 5) is 28.9. The summed E-state index contributed by atoms with van der Waals surface area (Å²) in [6.07, 6.45) is 1.52. The Hall–Kier alpha value is -2.93. The molecule has 0 saturated carbocycles. The van der Waals surface area contributed by atoms with E-state index in [4.69, 9.17) is 10.9 Å². The molecule has 2 heterocycles. The third kappa shape index (κ3) is 6.89. The van der Waals surface area contributed by atoms with Gasteiger partial charge in [0, 0.05) is 22.2 Å². The van der Waals surface area contributed by atoms with E-state index in [0.717, 1.165) is 17.8 Å². The molecular weight excluding hydrogens is 510 g/mol. The number of hydrogen-bond acceptors (Lipinski definition) is 7. The second-order valence-corrected chi connectivity index (χ2v) is 11.5. The van der Waals surface area contributed by atoms with Crippen molar-refractivity contribution in [3.63, 3.8) is 0 Å². The molecule has 3 aromatic rings. The van der Waals surface area contributed by atoms with Crippen LogP contribution in [-0.2, 0) is 26.3 Å². The molecule has 0 spiro atoms. The predicted octanol–water partition coefficient (Wildman–Crippen LogP) is 1.68. The van der Waals surface area contributed by atoms with Gasteiger partial charge in [-0.15, -0.1) is 11.3 Å². The van der Waals surface area contributed by atoms with Crippen molar-refractivity contribution in [2.45, 2.75) is 43.4 Å². The van der Waals surface area contributed by atoms with Gasteiger partial charge in [-0.1, -0.05) is 60.7 Å².